The van der Waals surface area contributed by atoms with E-state index in [0.717, 1.165) is 44.5 Å². The number of hydrogen-bond donors (Lipinski definition) is 2. The molecule has 1 aromatic heterocycles. The Morgan fingerprint density at radius 1 is 1.08 bits per heavy atom. The number of rotatable bonds is 5. The van der Waals surface area contributed by atoms with Gasteiger partial charge in [0.05, 0.1) is 5.69 Å². The van der Waals surface area contributed by atoms with E-state index in [4.69, 9.17) is 0 Å². The molecule has 2 heterocycles. The van der Waals surface area contributed by atoms with Crippen LogP contribution < -0.4 is 10.6 Å². The zero-order valence-corrected chi connectivity index (χ0v) is 16.3. The van der Waals surface area contributed by atoms with Gasteiger partial charge in [-0.25, -0.2) is 9.78 Å². The average Bonchev–Trinajstić information content (AvgIpc) is 2.91. The van der Waals surface area contributed by atoms with Crippen LogP contribution in [0.3, 0.4) is 0 Å². The number of aromatic nitrogens is 1. The van der Waals surface area contributed by atoms with Crippen LogP contribution in [-0.2, 0) is 11.2 Å². The summed E-state index contributed by atoms with van der Waals surface area (Å²) in [6.07, 6.45) is 11.6. The quantitative estimate of drug-likeness (QED) is 0.815. The second kappa shape index (κ2) is 9.90. The normalized spacial score (nSPS) is 19.0. The zero-order chi connectivity index (χ0) is 18.2. The maximum Gasteiger partial charge on any atom is 0.321 e. The van der Waals surface area contributed by atoms with E-state index in [9.17, 15) is 9.59 Å². The highest BCUT2D eigenvalue weighted by atomic mass is 32.1. The second-order valence-corrected chi connectivity index (χ2v) is 8.23. The van der Waals surface area contributed by atoms with Gasteiger partial charge in [0.2, 0.25) is 5.91 Å². The van der Waals surface area contributed by atoms with Gasteiger partial charge in [0.25, 0.3) is 0 Å². The summed E-state index contributed by atoms with van der Waals surface area (Å²) >= 11 is 1.42. The number of amides is 3. The number of aryl methyl sites for hydroxylation is 1. The lowest BCUT2D eigenvalue weighted by atomic mass is 9.96. The Balaban J connectivity index is 1.40. The Morgan fingerprint density at radius 3 is 2.50 bits per heavy atom. The largest absolute Gasteiger partial charge is 0.343 e. The Labute approximate surface area is 159 Å². The molecule has 6 nitrogen and oxygen atoms in total. The highest BCUT2D eigenvalue weighted by Gasteiger charge is 2.18. The molecule has 0 aromatic carbocycles. The van der Waals surface area contributed by atoms with Crippen LogP contribution in [0.2, 0.25) is 0 Å². The van der Waals surface area contributed by atoms with Crippen LogP contribution in [0.1, 0.15) is 69.9 Å². The van der Waals surface area contributed by atoms with Crippen LogP contribution in [0, 0.1) is 0 Å². The van der Waals surface area contributed by atoms with Crippen molar-refractivity contribution in [1.82, 2.24) is 15.2 Å². The lowest BCUT2D eigenvalue weighted by molar-refractivity contribution is -0.131. The molecule has 0 atom stereocenters. The smallest absolute Gasteiger partial charge is 0.321 e. The van der Waals surface area contributed by atoms with Gasteiger partial charge in [0.1, 0.15) is 0 Å². The summed E-state index contributed by atoms with van der Waals surface area (Å²) in [5, 5.41) is 8.41. The predicted molar refractivity (Wildman–Crippen MR) is 105 cm³/mol. The van der Waals surface area contributed by atoms with Crippen molar-refractivity contribution in [1.29, 1.82) is 0 Å². The first-order chi connectivity index (χ1) is 12.7. The molecule has 0 bridgehead atoms. The predicted octanol–water partition coefficient (Wildman–Crippen LogP) is 3.93. The first-order valence-electron chi connectivity index (χ1n) is 10.0. The van der Waals surface area contributed by atoms with E-state index < -0.39 is 0 Å². The molecule has 2 N–H and O–H groups in total. The fourth-order valence-corrected chi connectivity index (χ4v) is 4.50. The van der Waals surface area contributed by atoms with Crippen LogP contribution in [0.25, 0.3) is 0 Å². The van der Waals surface area contributed by atoms with Crippen molar-refractivity contribution < 1.29 is 9.59 Å². The highest BCUT2D eigenvalue weighted by Crippen LogP contribution is 2.19. The molecule has 3 rings (SSSR count). The van der Waals surface area contributed by atoms with Gasteiger partial charge in [-0.3, -0.25) is 10.1 Å². The third-order valence-corrected chi connectivity index (χ3v) is 6.07. The van der Waals surface area contributed by atoms with E-state index in [1.54, 1.807) is 0 Å². The van der Waals surface area contributed by atoms with E-state index in [2.05, 4.69) is 15.6 Å². The van der Waals surface area contributed by atoms with Crippen molar-refractivity contribution in [2.45, 2.75) is 76.7 Å². The van der Waals surface area contributed by atoms with Crippen molar-refractivity contribution in [2.75, 3.05) is 18.4 Å². The molecule has 1 aliphatic carbocycles. The Hall–Kier alpha value is -1.63. The second-order valence-electron chi connectivity index (χ2n) is 7.37. The zero-order valence-electron chi connectivity index (χ0n) is 15.5. The van der Waals surface area contributed by atoms with E-state index in [1.807, 2.05) is 10.3 Å². The highest BCUT2D eigenvalue weighted by molar-refractivity contribution is 7.13. The molecule has 3 amide bonds. The SMILES string of the molecule is O=C(Nc1nc(CCC(=O)N2CCCCCC2)cs1)NC1CCCCC1. The van der Waals surface area contributed by atoms with Crippen molar-refractivity contribution in [3.63, 3.8) is 0 Å². The summed E-state index contributed by atoms with van der Waals surface area (Å²) in [5.74, 6) is 0.226. The number of hydrogen-bond acceptors (Lipinski definition) is 4. The third kappa shape index (κ3) is 5.97. The molecule has 1 saturated carbocycles. The van der Waals surface area contributed by atoms with Crippen LogP contribution in [0.15, 0.2) is 5.38 Å². The van der Waals surface area contributed by atoms with Gasteiger partial charge in [-0.05, 0) is 32.1 Å². The van der Waals surface area contributed by atoms with E-state index >= 15 is 0 Å². The molecular weight excluding hydrogens is 348 g/mol. The molecular formula is C19H30N4O2S. The molecule has 26 heavy (non-hydrogen) atoms. The summed E-state index contributed by atoms with van der Waals surface area (Å²) in [5.41, 5.74) is 0.881. The minimum Gasteiger partial charge on any atom is -0.343 e. The molecule has 7 heteroatoms. The number of thiazole rings is 1. The summed E-state index contributed by atoms with van der Waals surface area (Å²) in [4.78, 5) is 30.9. The van der Waals surface area contributed by atoms with Crippen LogP contribution in [-0.4, -0.2) is 41.0 Å². The molecule has 1 aliphatic heterocycles. The van der Waals surface area contributed by atoms with Gasteiger partial charge in [0, 0.05) is 30.9 Å². The van der Waals surface area contributed by atoms with E-state index in [1.165, 1.54) is 43.4 Å². The van der Waals surface area contributed by atoms with Gasteiger partial charge in [0.15, 0.2) is 5.13 Å². The van der Waals surface area contributed by atoms with Crippen LogP contribution in [0.5, 0.6) is 0 Å². The molecule has 0 unspecified atom stereocenters. The van der Waals surface area contributed by atoms with E-state index in [-0.39, 0.29) is 18.0 Å². The lowest BCUT2D eigenvalue weighted by Gasteiger charge is -2.22. The summed E-state index contributed by atoms with van der Waals surface area (Å²) in [6.45, 7) is 1.79. The number of nitrogens with zero attached hydrogens (tertiary/aromatic N) is 2. The summed E-state index contributed by atoms with van der Waals surface area (Å²) in [6, 6.07) is 0.118. The molecule has 1 aromatic rings. The molecule has 1 saturated heterocycles. The van der Waals surface area contributed by atoms with Crippen molar-refractivity contribution in [3.05, 3.63) is 11.1 Å². The topological polar surface area (TPSA) is 74.3 Å². The maximum absolute atomic E-state index is 12.4. The maximum atomic E-state index is 12.4. The molecule has 0 spiro atoms. The average molecular weight is 379 g/mol. The summed E-state index contributed by atoms with van der Waals surface area (Å²) in [7, 11) is 0. The Morgan fingerprint density at radius 2 is 1.77 bits per heavy atom. The fraction of sp³-hybridized carbons (Fsp3) is 0.737. The monoisotopic (exact) mass is 378 g/mol. The summed E-state index contributed by atoms with van der Waals surface area (Å²) < 4.78 is 0. The van der Waals surface area contributed by atoms with Crippen LogP contribution >= 0.6 is 11.3 Å². The van der Waals surface area contributed by atoms with E-state index in [0.29, 0.717) is 18.0 Å². The van der Waals surface area contributed by atoms with Gasteiger partial charge < -0.3 is 10.2 Å². The number of urea groups is 1. The van der Waals surface area contributed by atoms with Crippen LogP contribution in [0.4, 0.5) is 9.93 Å². The Kier molecular flexibility index (Phi) is 7.29. The van der Waals surface area contributed by atoms with Gasteiger partial charge in [-0.2, -0.15) is 0 Å². The number of anilines is 1. The fourth-order valence-electron chi connectivity index (χ4n) is 3.76. The van der Waals surface area contributed by atoms with Gasteiger partial charge in [-0.15, -0.1) is 11.3 Å². The number of likely N-dealkylation sites (tertiary alicyclic amines) is 1. The third-order valence-electron chi connectivity index (χ3n) is 5.27. The number of carbonyl (C=O) groups is 2. The van der Waals surface area contributed by atoms with Gasteiger partial charge >= 0.3 is 6.03 Å². The molecule has 144 valence electrons. The van der Waals surface area contributed by atoms with Crippen molar-refractivity contribution in [3.8, 4) is 0 Å². The Bertz CT molecular complexity index is 590. The molecule has 0 radical (unpaired) electrons. The van der Waals surface area contributed by atoms with Crippen molar-refractivity contribution in [2.24, 2.45) is 0 Å². The lowest BCUT2D eigenvalue weighted by Crippen LogP contribution is -2.39. The molecule has 2 fully saturated rings. The number of nitrogens with one attached hydrogen (secondary N) is 2. The molecule has 2 aliphatic rings. The minimum absolute atomic E-state index is 0.168. The number of carbonyl (C=O) groups excluding carboxylic acids is 2. The van der Waals surface area contributed by atoms with Gasteiger partial charge in [-0.1, -0.05) is 32.1 Å². The first kappa shape index (κ1) is 19.1. The first-order valence-corrected chi connectivity index (χ1v) is 10.9. The standard InChI is InChI=1S/C19H30N4O2S/c24-17(23-12-6-1-2-7-13-23)11-10-16-14-26-19(21-16)22-18(25)20-15-8-4-3-5-9-15/h14-15H,1-13H2,(H2,20,21,22,25). The van der Waals surface area contributed by atoms with Crippen molar-refractivity contribution >= 4 is 28.4 Å². The minimum atomic E-state index is -0.168.